The molecule has 132 valence electrons. The van der Waals surface area contributed by atoms with Gasteiger partial charge in [-0.2, -0.15) is 9.97 Å². The molecule has 0 fully saturated rings. The summed E-state index contributed by atoms with van der Waals surface area (Å²) in [4.78, 5) is 12.4. The number of ether oxygens (including phenoxy) is 2. The van der Waals surface area contributed by atoms with Gasteiger partial charge < -0.3 is 25.5 Å². The van der Waals surface area contributed by atoms with Crippen LogP contribution in [0.4, 0.5) is 11.8 Å². The molecule has 0 amide bonds. The van der Waals surface area contributed by atoms with Crippen molar-refractivity contribution in [1.82, 2.24) is 19.5 Å². The van der Waals surface area contributed by atoms with E-state index in [1.165, 1.54) is 0 Å². The van der Waals surface area contributed by atoms with Gasteiger partial charge in [-0.3, -0.25) is 0 Å². The summed E-state index contributed by atoms with van der Waals surface area (Å²) < 4.78 is 12.8. The maximum atomic E-state index is 6.02. The van der Waals surface area contributed by atoms with Crippen LogP contribution in [-0.2, 0) is 6.54 Å². The number of nitrogen functional groups attached to an aromatic ring is 2. The lowest BCUT2D eigenvalue weighted by molar-refractivity contribution is 0.353. The van der Waals surface area contributed by atoms with E-state index in [1.807, 2.05) is 16.7 Å². The molecule has 8 nitrogen and oxygen atoms in total. The molecule has 3 aromatic rings. The summed E-state index contributed by atoms with van der Waals surface area (Å²) in [5.41, 5.74) is 15.1. The van der Waals surface area contributed by atoms with Gasteiger partial charge in [-0.1, -0.05) is 13.8 Å². The van der Waals surface area contributed by atoms with Gasteiger partial charge in [0.15, 0.2) is 23.0 Å². The SMILES string of the molecule is COc1cc(Cn2cnc3nc(N)nc(N)c32)c(C(C)C)cc1OC. The smallest absolute Gasteiger partial charge is 0.224 e. The van der Waals surface area contributed by atoms with Crippen molar-refractivity contribution in [2.75, 3.05) is 25.7 Å². The summed E-state index contributed by atoms with van der Waals surface area (Å²) in [5, 5.41) is 0. The fraction of sp³-hybridized carbons (Fsp3) is 0.353. The predicted molar refractivity (Wildman–Crippen MR) is 96.9 cm³/mol. The van der Waals surface area contributed by atoms with E-state index in [0.29, 0.717) is 40.9 Å². The van der Waals surface area contributed by atoms with E-state index >= 15 is 0 Å². The standard InChI is InChI=1S/C17H22N6O2/c1-9(2)11-6-13(25-4)12(24-3)5-10(11)7-23-8-20-16-14(23)15(18)21-17(19)22-16/h5-6,8-9H,7H2,1-4H3,(H4,18,19,21,22). The molecule has 25 heavy (non-hydrogen) atoms. The van der Waals surface area contributed by atoms with Gasteiger partial charge in [0.05, 0.1) is 20.5 Å². The molecule has 0 atom stereocenters. The molecule has 0 spiro atoms. The van der Waals surface area contributed by atoms with Gasteiger partial charge in [0.25, 0.3) is 0 Å². The number of anilines is 2. The van der Waals surface area contributed by atoms with E-state index in [-0.39, 0.29) is 5.95 Å². The number of imidazole rings is 1. The van der Waals surface area contributed by atoms with Crippen LogP contribution >= 0.6 is 0 Å². The maximum absolute atomic E-state index is 6.02. The van der Waals surface area contributed by atoms with Crippen LogP contribution in [0.15, 0.2) is 18.5 Å². The van der Waals surface area contributed by atoms with Crippen molar-refractivity contribution >= 4 is 22.9 Å². The van der Waals surface area contributed by atoms with E-state index in [1.54, 1.807) is 20.5 Å². The van der Waals surface area contributed by atoms with Crippen molar-refractivity contribution < 1.29 is 9.47 Å². The molecule has 0 unspecified atom stereocenters. The average molecular weight is 342 g/mol. The van der Waals surface area contributed by atoms with Gasteiger partial charge in [-0.05, 0) is 29.2 Å². The highest BCUT2D eigenvalue weighted by Gasteiger charge is 2.16. The van der Waals surface area contributed by atoms with Crippen molar-refractivity contribution in [3.63, 3.8) is 0 Å². The van der Waals surface area contributed by atoms with Gasteiger partial charge in [0.2, 0.25) is 5.95 Å². The Morgan fingerprint density at radius 3 is 2.40 bits per heavy atom. The first-order valence-electron chi connectivity index (χ1n) is 7.93. The average Bonchev–Trinajstić information content (AvgIpc) is 2.96. The normalized spacial score (nSPS) is 11.2. The highest BCUT2D eigenvalue weighted by atomic mass is 16.5. The first kappa shape index (κ1) is 16.8. The third-order valence-corrected chi connectivity index (χ3v) is 4.12. The Kier molecular flexibility index (Phi) is 4.35. The largest absolute Gasteiger partial charge is 0.493 e. The molecule has 0 radical (unpaired) electrons. The first-order chi connectivity index (χ1) is 11.9. The van der Waals surface area contributed by atoms with E-state index in [0.717, 1.165) is 11.1 Å². The molecule has 0 saturated heterocycles. The minimum atomic E-state index is 0.115. The summed E-state index contributed by atoms with van der Waals surface area (Å²) in [6.07, 6.45) is 1.69. The number of rotatable bonds is 5. The summed E-state index contributed by atoms with van der Waals surface area (Å²) in [7, 11) is 3.26. The Morgan fingerprint density at radius 2 is 1.76 bits per heavy atom. The van der Waals surface area contributed by atoms with Crippen molar-refractivity contribution in [3.05, 3.63) is 29.6 Å². The van der Waals surface area contributed by atoms with E-state index in [4.69, 9.17) is 20.9 Å². The van der Waals surface area contributed by atoms with Crippen LogP contribution in [-0.4, -0.2) is 33.7 Å². The monoisotopic (exact) mass is 342 g/mol. The van der Waals surface area contributed by atoms with Crippen LogP contribution < -0.4 is 20.9 Å². The molecule has 0 aliphatic carbocycles. The topological polar surface area (TPSA) is 114 Å². The maximum Gasteiger partial charge on any atom is 0.224 e. The van der Waals surface area contributed by atoms with Crippen molar-refractivity contribution in [1.29, 1.82) is 0 Å². The lowest BCUT2D eigenvalue weighted by Gasteiger charge is -2.18. The number of nitrogens with two attached hydrogens (primary N) is 2. The second kappa shape index (κ2) is 6.46. The molecule has 0 aliphatic heterocycles. The van der Waals surface area contributed by atoms with Crippen LogP contribution in [0, 0.1) is 0 Å². The Balaban J connectivity index is 2.11. The number of methoxy groups -OCH3 is 2. The van der Waals surface area contributed by atoms with Crippen molar-refractivity contribution in [2.45, 2.75) is 26.3 Å². The molecule has 0 saturated carbocycles. The molecule has 2 aromatic heterocycles. The highest BCUT2D eigenvalue weighted by molar-refractivity contribution is 5.83. The molecule has 3 rings (SSSR count). The van der Waals surface area contributed by atoms with Crippen molar-refractivity contribution in [2.24, 2.45) is 0 Å². The molecular formula is C17H22N6O2. The Hall–Kier alpha value is -3.03. The molecule has 8 heteroatoms. The Morgan fingerprint density at radius 1 is 1.08 bits per heavy atom. The number of benzene rings is 1. The number of hydrogen-bond acceptors (Lipinski definition) is 7. The number of fused-ring (bicyclic) bond motifs is 1. The molecule has 2 heterocycles. The van der Waals surface area contributed by atoms with E-state index in [2.05, 4.69) is 28.8 Å². The minimum Gasteiger partial charge on any atom is -0.493 e. The number of aromatic nitrogens is 4. The van der Waals surface area contributed by atoms with Crippen LogP contribution in [0.2, 0.25) is 0 Å². The van der Waals surface area contributed by atoms with Crippen LogP contribution in [0.25, 0.3) is 11.2 Å². The zero-order valence-corrected chi connectivity index (χ0v) is 14.8. The van der Waals surface area contributed by atoms with Gasteiger partial charge in [0, 0.05) is 6.54 Å². The van der Waals surface area contributed by atoms with E-state index < -0.39 is 0 Å². The molecule has 4 N–H and O–H groups in total. The molecule has 0 aliphatic rings. The Labute approximate surface area is 145 Å². The minimum absolute atomic E-state index is 0.115. The molecule has 1 aromatic carbocycles. The summed E-state index contributed by atoms with van der Waals surface area (Å²) in [6.45, 7) is 4.83. The Bertz CT molecular complexity index is 919. The second-order valence-electron chi connectivity index (χ2n) is 6.07. The summed E-state index contributed by atoms with van der Waals surface area (Å²) in [5.74, 6) is 2.13. The lowest BCUT2D eigenvalue weighted by Crippen LogP contribution is -2.07. The summed E-state index contributed by atoms with van der Waals surface area (Å²) in [6, 6.07) is 3.99. The van der Waals surface area contributed by atoms with Crippen LogP contribution in [0.3, 0.4) is 0 Å². The van der Waals surface area contributed by atoms with Gasteiger partial charge in [-0.25, -0.2) is 4.98 Å². The van der Waals surface area contributed by atoms with Gasteiger partial charge in [-0.15, -0.1) is 0 Å². The number of nitrogens with zero attached hydrogens (tertiary/aromatic N) is 4. The first-order valence-corrected chi connectivity index (χ1v) is 7.93. The van der Waals surface area contributed by atoms with Crippen LogP contribution in [0.1, 0.15) is 30.9 Å². The van der Waals surface area contributed by atoms with Crippen molar-refractivity contribution in [3.8, 4) is 11.5 Å². The van der Waals surface area contributed by atoms with Gasteiger partial charge >= 0.3 is 0 Å². The lowest BCUT2D eigenvalue weighted by atomic mass is 9.96. The summed E-state index contributed by atoms with van der Waals surface area (Å²) >= 11 is 0. The van der Waals surface area contributed by atoms with E-state index in [9.17, 15) is 0 Å². The number of hydrogen-bond donors (Lipinski definition) is 2. The van der Waals surface area contributed by atoms with Gasteiger partial charge in [0.1, 0.15) is 5.52 Å². The fourth-order valence-electron chi connectivity index (χ4n) is 2.94. The third kappa shape index (κ3) is 3.02. The predicted octanol–water partition coefficient (Wildman–Crippen LogP) is 2.18. The second-order valence-corrected chi connectivity index (χ2v) is 6.07. The third-order valence-electron chi connectivity index (χ3n) is 4.12. The zero-order chi connectivity index (χ0) is 18.1. The zero-order valence-electron chi connectivity index (χ0n) is 14.8. The quantitative estimate of drug-likeness (QED) is 0.730. The van der Waals surface area contributed by atoms with Crippen LogP contribution in [0.5, 0.6) is 11.5 Å². The fourth-order valence-corrected chi connectivity index (χ4v) is 2.94. The molecular weight excluding hydrogens is 320 g/mol. The highest BCUT2D eigenvalue weighted by Crippen LogP contribution is 2.34. The molecule has 0 bridgehead atoms.